The number of nitrogens with one attached hydrogen (secondary N) is 1. The maximum Gasteiger partial charge on any atom is 0.260 e. The van der Waals surface area contributed by atoms with Crippen molar-refractivity contribution in [2.24, 2.45) is 9.98 Å². The van der Waals surface area contributed by atoms with Crippen LogP contribution in [0.1, 0.15) is 84.2 Å². The Bertz CT molecular complexity index is 2410. The number of hydrogen-bond acceptors (Lipinski definition) is 11. The van der Waals surface area contributed by atoms with Gasteiger partial charge in [0.15, 0.2) is 23.0 Å². The molecule has 13 nitrogen and oxygen atoms in total. The largest absolute Gasteiger partial charge is 0.494 e. The molecule has 4 aromatic rings. The van der Waals surface area contributed by atoms with Crippen LogP contribution in [0, 0.1) is 0 Å². The number of hydrogen-bond donors (Lipinski definition) is 1. The second kappa shape index (κ2) is 21.2. The molecule has 0 bridgehead atoms. The molecule has 0 spiro atoms. The van der Waals surface area contributed by atoms with E-state index in [0.29, 0.717) is 78.2 Å². The number of benzene rings is 4. The molecule has 0 saturated carbocycles. The Morgan fingerprint density at radius 3 is 1.55 bits per heavy atom. The molecular formula is C51H60N6O7. The van der Waals surface area contributed by atoms with Crippen LogP contribution in [0.5, 0.6) is 28.7 Å². The average Bonchev–Trinajstić information content (AvgIpc) is 3.91. The fraction of sp³-hybridized carbons (Fsp3) is 0.373. The van der Waals surface area contributed by atoms with Gasteiger partial charge >= 0.3 is 0 Å². The Labute approximate surface area is 377 Å². The minimum atomic E-state index is -0.193. The summed E-state index contributed by atoms with van der Waals surface area (Å²) in [6.07, 6.45) is 12.2. The lowest BCUT2D eigenvalue weighted by molar-refractivity contribution is 0.0809. The number of carbonyl (C=O) groups excluding carboxylic acids is 2. The summed E-state index contributed by atoms with van der Waals surface area (Å²) in [6.45, 7) is 6.54. The monoisotopic (exact) mass is 868 g/mol. The Morgan fingerprint density at radius 1 is 0.625 bits per heavy atom. The van der Waals surface area contributed by atoms with E-state index in [1.807, 2.05) is 82.1 Å². The molecule has 4 aliphatic rings. The van der Waals surface area contributed by atoms with Gasteiger partial charge in [-0.1, -0.05) is 38.1 Å². The highest BCUT2D eigenvalue weighted by Crippen LogP contribution is 2.42. The predicted octanol–water partition coefficient (Wildman–Crippen LogP) is 9.67. The highest BCUT2D eigenvalue weighted by Gasteiger charge is 2.35. The van der Waals surface area contributed by atoms with Gasteiger partial charge in [-0.25, -0.2) is 0 Å². The van der Waals surface area contributed by atoms with Crippen LogP contribution in [0.3, 0.4) is 0 Å². The molecule has 0 fully saturated rings. The van der Waals surface area contributed by atoms with Gasteiger partial charge in [0.25, 0.3) is 11.8 Å². The summed E-state index contributed by atoms with van der Waals surface area (Å²) in [5.74, 6) is 2.61. The van der Waals surface area contributed by atoms with Crippen LogP contribution in [0.15, 0.2) is 95.2 Å². The van der Waals surface area contributed by atoms with E-state index < -0.39 is 0 Å². The first-order valence-corrected chi connectivity index (χ1v) is 22.2. The molecule has 4 heterocycles. The molecule has 4 aliphatic heterocycles. The van der Waals surface area contributed by atoms with Crippen LogP contribution >= 0.6 is 0 Å². The van der Waals surface area contributed by atoms with Gasteiger partial charge in [0.1, 0.15) is 5.75 Å². The number of aliphatic imine (C=N–C) groups is 2. The number of unbranched alkanes of at least 4 members (excludes halogenated alkanes) is 2. The van der Waals surface area contributed by atoms with Crippen molar-refractivity contribution in [3.8, 4) is 28.7 Å². The number of amides is 2. The van der Waals surface area contributed by atoms with Crippen molar-refractivity contribution >= 4 is 52.5 Å². The van der Waals surface area contributed by atoms with E-state index in [1.54, 1.807) is 48.3 Å². The lowest BCUT2D eigenvalue weighted by Crippen LogP contribution is -2.32. The van der Waals surface area contributed by atoms with Gasteiger partial charge in [-0.15, -0.1) is 0 Å². The van der Waals surface area contributed by atoms with Crippen molar-refractivity contribution in [3.05, 3.63) is 107 Å². The first-order valence-electron chi connectivity index (χ1n) is 22.2. The molecule has 2 atom stereocenters. The van der Waals surface area contributed by atoms with Crippen LogP contribution in [-0.4, -0.2) is 113 Å². The summed E-state index contributed by atoms with van der Waals surface area (Å²) in [7, 11) is 9.14. The number of methoxy groups -OCH3 is 2. The SMILES string of the molecule is CC.CNc1ccc(C2=CN3C(=O)c4cc(OC)c(OCCCCCOc5cc6c(cc5OC)C(=O)N5C=C(c7ccc(OCCCN(C)C)cc7)CC5C=N6)cc4N=CC3C2)cc1. The molecule has 0 aliphatic carbocycles. The molecule has 0 aromatic heterocycles. The van der Waals surface area contributed by atoms with Crippen LogP contribution in [0.4, 0.5) is 17.1 Å². The van der Waals surface area contributed by atoms with Crippen molar-refractivity contribution in [2.75, 3.05) is 67.0 Å². The lowest BCUT2D eigenvalue weighted by atomic mass is 10.0. The van der Waals surface area contributed by atoms with E-state index in [0.717, 1.165) is 65.9 Å². The molecule has 336 valence electrons. The summed E-state index contributed by atoms with van der Waals surface area (Å²) in [4.78, 5) is 42.8. The summed E-state index contributed by atoms with van der Waals surface area (Å²) in [5.41, 5.74) is 7.36. The van der Waals surface area contributed by atoms with Gasteiger partial charge in [-0.3, -0.25) is 19.6 Å². The molecular weight excluding hydrogens is 809 g/mol. The number of ether oxygens (including phenoxy) is 5. The average molecular weight is 869 g/mol. The van der Waals surface area contributed by atoms with E-state index in [9.17, 15) is 9.59 Å². The third kappa shape index (κ3) is 10.3. The molecule has 2 amide bonds. The first-order chi connectivity index (χ1) is 31.2. The third-order valence-electron chi connectivity index (χ3n) is 11.5. The molecule has 13 heteroatoms. The van der Waals surface area contributed by atoms with Crippen LogP contribution in [0.2, 0.25) is 0 Å². The van der Waals surface area contributed by atoms with Gasteiger partial charge in [0, 0.05) is 69.1 Å². The topological polar surface area (TPSA) is 127 Å². The Morgan fingerprint density at radius 2 is 1.09 bits per heavy atom. The van der Waals surface area contributed by atoms with Crippen LogP contribution in [-0.2, 0) is 0 Å². The van der Waals surface area contributed by atoms with Gasteiger partial charge in [-0.05, 0) is 98.4 Å². The number of anilines is 1. The maximum atomic E-state index is 13.9. The van der Waals surface area contributed by atoms with E-state index >= 15 is 0 Å². The molecule has 64 heavy (non-hydrogen) atoms. The first kappa shape index (κ1) is 45.4. The lowest BCUT2D eigenvalue weighted by Gasteiger charge is -2.19. The molecule has 4 aromatic carbocycles. The molecule has 2 unspecified atom stereocenters. The zero-order valence-corrected chi connectivity index (χ0v) is 38.1. The van der Waals surface area contributed by atoms with Crippen LogP contribution in [0.25, 0.3) is 11.1 Å². The van der Waals surface area contributed by atoms with E-state index in [1.165, 1.54) is 0 Å². The van der Waals surface area contributed by atoms with Gasteiger partial charge in [0.05, 0.1) is 68.6 Å². The van der Waals surface area contributed by atoms with Crippen molar-refractivity contribution in [1.82, 2.24) is 14.7 Å². The Hall–Kier alpha value is -6.60. The van der Waals surface area contributed by atoms with Crippen molar-refractivity contribution in [2.45, 2.75) is 64.5 Å². The smallest absolute Gasteiger partial charge is 0.260 e. The zero-order chi connectivity index (χ0) is 45.2. The normalized spacial score (nSPS) is 16.9. The van der Waals surface area contributed by atoms with Crippen molar-refractivity contribution < 1.29 is 33.3 Å². The molecule has 1 N–H and O–H groups in total. The summed E-state index contributed by atoms with van der Waals surface area (Å²) in [6, 6.07) is 22.9. The molecule has 0 radical (unpaired) electrons. The van der Waals surface area contributed by atoms with Crippen molar-refractivity contribution in [3.63, 3.8) is 0 Å². The second-order valence-electron chi connectivity index (χ2n) is 16.0. The molecule has 0 saturated heterocycles. The Balaban J connectivity index is 0.00000302. The van der Waals surface area contributed by atoms with Crippen LogP contribution < -0.4 is 29.0 Å². The fourth-order valence-corrected chi connectivity index (χ4v) is 8.07. The molecule has 8 rings (SSSR count). The highest BCUT2D eigenvalue weighted by molar-refractivity contribution is 6.06. The number of nitrogens with zero attached hydrogens (tertiary/aromatic N) is 5. The summed E-state index contributed by atoms with van der Waals surface area (Å²) in [5, 5.41) is 3.14. The van der Waals surface area contributed by atoms with Gasteiger partial charge < -0.3 is 43.7 Å². The quantitative estimate of drug-likeness (QED) is 0.0973. The number of carbonyl (C=O) groups is 2. The van der Waals surface area contributed by atoms with E-state index in [4.69, 9.17) is 33.7 Å². The second-order valence-corrected chi connectivity index (χ2v) is 16.0. The number of fused-ring (bicyclic) bond motifs is 4. The van der Waals surface area contributed by atoms with Gasteiger partial charge in [0.2, 0.25) is 0 Å². The standard InChI is InChI=1S/C49H54N6O7.C2H6/c1-50-36-14-10-32(11-15-36)34-22-37-28-51-42-26-46(44(58-4)24-40(42)48(56)54(37)30-34)61-19-7-6-8-20-62-47-27-43-41(25-45(47)59-5)49(57)55-31-35(23-38(55)29-52-43)33-12-16-39(17-13-33)60-21-9-18-53(2)3;1-2/h10-17,24-31,37-38,50H,6-9,18-23H2,1-5H3;1-2H3. The predicted molar refractivity (Wildman–Crippen MR) is 255 cm³/mol. The fourth-order valence-electron chi connectivity index (χ4n) is 8.07. The number of rotatable bonds is 18. The minimum Gasteiger partial charge on any atom is -0.494 e. The summed E-state index contributed by atoms with van der Waals surface area (Å²) >= 11 is 0. The zero-order valence-electron chi connectivity index (χ0n) is 38.1. The third-order valence-corrected chi connectivity index (χ3v) is 11.5. The maximum absolute atomic E-state index is 13.9. The van der Waals surface area contributed by atoms with E-state index in [2.05, 4.69) is 36.4 Å². The minimum absolute atomic E-state index is 0.124. The highest BCUT2D eigenvalue weighted by atomic mass is 16.5. The van der Waals surface area contributed by atoms with Gasteiger partial charge in [-0.2, -0.15) is 0 Å². The van der Waals surface area contributed by atoms with Crippen molar-refractivity contribution in [1.29, 1.82) is 0 Å². The Kier molecular flexibility index (Phi) is 15.0. The summed E-state index contributed by atoms with van der Waals surface area (Å²) < 4.78 is 29.6. The van der Waals surface area contributed by atoms with E-state index in [-0.39, 0.29) is 23.9 Å².